The van der Waals surface area contributed by atoms with E-state index in [1.54, 1.807) is 19.1 Å². The molecule has 1 aliphatic heterocycles. The molecule has 2 aromatic rings. The highest BCUT2D eigenvalue weighted by Crippen LogP contribution is 2.29. The molecule has 5 nitrogen and oxygen atoms in total. The van der Waals surface area contributed by atoms with Crippen LogP contribution in [0.3, 0.4) is 0 Å². The van der Waals surface area contributed by atoms with Gasteiger partial charge < -0.3 is 14.6 Å². The van der Waals surface area contributed by atoms with Crippen molar-refractivity contribution >= 4 is 11.0 Å². The van der Waals surface area contributed by atoms with Gasteiger partial charge in [-0.25, -0.2) is 4.79 Å². The molecule has 1 aromatic heterocycles. The summed E-state index contributed by atoms with van der Waals surface area (Å²) in [6.45, 7) is 6.02. The first kappa shape index (κ1) is 16.0. The monoisotopic (exact) mass is 317 g/mol. The van der Waals surface area contributed by atoms with Gasteiger partial charge in [-0.15, -0.1) is 0 Å². The van der Waals surface area contributed by atoms with Crippen molar-refractivity contribution in [3.05, 3.63) is 39.7 Å². The zero-order valence-electron chi connectivity index (χ0n) is 13.6. The summed E-state index contributed by atoms with van der Waals surface area (Å²) in [4.78, 5) is 14.2. The van der Waals surface area contributed by atoms with Crippen molar-refractivity contribution in [2.75, 3.05) is 13.1 Å². The van der Waals surface area contributed by atoms with Crippen LogP contribution in [0.25, 0.3) is 11.0 Å². The molecule has 0 radical (unpaired) electrons. The number of aliphatic hydroxyl groups is 1. The van der Waals surface area contributed by atoms with E-state index in [1.165, 1.54) is 6.07 Å². The number of nitrogens with zero attached hydrogens (tertiary/aromatic N) is 1. The molecule has 0 amide bonds. The van der Waals surface area contributed by atoms with Crippen LogP contribution < -0.4 is 5.63 Å². The van der Waals surface area contributed by atoms with Gasteiger partial charge in [-0.1, -0.05) is 0 Å². The molecule has 1 saturated heterocycles. The molecular weight excluding hydrogens is 294 g/mol. The number of phenols is 1. The summed E-state index contributed by atoms with van der Waals surface area (Å²) in [5, 5.41) is 20.5. The highest BCUT2D eigenvalue weighted by molar-refractivity contribution is 5.84. The Morgan fingerprint density at radius 2 is 2.22 bits per heavy atom. The molecule has 0 bridgehead atoms. The van der Waals surface area contributed by atoms with E-state index in [2.05, 4.69) is 4.90 Å². The fraction of sp³-hybridized carbons (Fsp3) is 0.500. The summed E-state index contributed by atoms with van der Waals surface area (Å²) >= 11 is 0. The van der Waals surface area contributed by atoms with Gasteiger partial charge in [0.15, 0.2) is 0 Å². The Labute approximate surface area is 135 Å². The topological polar surface area (TPSA) is 73.9 Å². The fourth-order valence-corrected chi connectivity index (χ4v) is 3.42. The minimum atomic E-state index is -0.398. The Morgan fingerprint density at radius 1 is 1.43 bits per heavy atom. The number of benzene rings is 1. The maximum Gasteiger partial charge on any atom is 0.336 e. The van der Waals surface area contributed by atoms with Crippen molar-refractivity contribution in [3.63, 3.8) is 0 Å². The zero-order chi connectivity index (χ0) is 16.6. The van der Waals surface area contributed by atoms with Crippen LogP contribution in [0.15, 0.2) is 27.4 Å². The second kappa shape index (κ2) is 6.34. The number of fused-ring (bicyclic) bond motifs is 1. The smallest absolute Gasteiger partial charge is 0.336 e. The molecule has 1 aliphatic rings. The maximum atomic E-state index is 11.9. The molecule has 2 unspecified atom stereocenters. The number of hydrogen-bond donors (Lipinski definition) is 2. The van der Waals surface area contributed by atoms with E-state index >= 15 is 0 Å². The average Bonchev–Trinajstić information content (AvgIpc) is 2.51. The lowest BCUT2D eigenvalue weighted by Gasteiger charge is -2.34. The van der Waals surface area contributed by atoms with E-state index in [0.29, 0.717) is 17.7 Å². The van der Waals surface area contributed by atoms with E-state index in [9.17, 15) is 15.0 Å². The van der Waals surface area contributed by atoms with Crippen molar-refractivity contribution in [1.82, 2.24) is 4.90 Å². The van der Waals surface area contributed by atoms with Crippen molar-refractivity contribution in [2.45, 2.75) is 39.3 Å². The number of phenolic OH excluding ortho intramolecular Hbond substituents is 1. The molecule has 124 valence electrons. The zero-order valence-corrected chi connectivity index (χ0v) is 13.6. The van der Waals surface area contributed by atoms with E-state index < -0.39 is 5.63 Å². The largest absolute Gasteiger partial charge is 0.508 e. The van der Waals surface area contributed by atoms with E-state index in [0.717, 1.165) is 36.9 Å². The summed E-state index contributed by atoms with van der Waals surface area (Å²) in [5.41, 5.74) is 1.55. The second-order valence-electron chi connectivity index (χ2n) is 6.56. The number of aromatic hydroxyl groups is 1. The number of aryl methyl sites for hydroxylation is 1. The maximum absolute atomic E-state index is 11.9. The Morgan fingerprint density at radius 3 is 2.96 bits per heavy atom. The molecular formula is C18H23NO4. The Kier molecular flexibility index (Phi) is 4.41. The lowest BCUT2D eigenvalue weighted by molar-refractivity contribution is 0.0600. The first-order valence-corrected chi connectivity index (χ1v) is 8.11. The van der Waals surface area contributed by atoms with Gasteiger partial charge in [-0.3, -0.25) is 4.90 Å². The number of likely N-dealkylation sites (tertiary alicyclic amines) is 1. The molecule has 0 spiro atoms. The van der Waals surface area contributed by atoms with Crippen LogP contribution in [0.4, 0.5) is 0 Å². The van der Waals surface area contributed by atoms with Gasteiger partial charge in [0.2, 0.25) is 0 Å². The third kappa shape index (κ3) is 3.26. The lowest BCUT2D eigenvalue weighted by atomic mass is 9.93. The van der Waals surface area contributed by atoms with Crippen molar-refractivity contribution in [2.24, 2.45) is 5.92 Å². The number of rotatable bonds is 3. The quantitative estimate of drug-likeness (QED) is 0.850. The standard InChI is InChI=1S/C18H23NO4/c1-11-16(21)6-5-15-14(8-17(22)23-18(11)15)10-19-7-3-4-13(9-19)12(2)20/h5-6,8,12-13,20-21H,3-4,7,9-10H2,1-2H3. The van der Waals surface area contributed by atoms with Gasteiger partial charge in [0, 0.05) is 30.1 Å². The summed E-state index contributed by atoms with van der Waals surface area (Å²) in [5.74, 6) is 0.408. The molecule has 2 N–H and O–H groups in total. The summed E-state index contributed by atoms with van der Waals surface area (Å²) in [7, 11) is 0. The molecule has 1 aromatic carbocycles. The predicted molar refractivity (Wildman–Crippen MR) is 88.6 cm³/mol. The van der Waals surface area contributed by atoms with Crippen LogP contribution in [0.1, 0.15) is 30.9 Å². The molecule has 5 heteroatoms. The van der Waals surface area contributed by atoms with Crippen LogP contribution in [0.5, 0.6) is 5.75 Å². The van der Waals surface area contributed by atoms with Crippen molar-refractivity contribution in [1.29, 1.82) is 0 Å². The number of piperidine rings is 1. The molecule has 0 aliphatic carbocycles. The first-order chi connectivity index (χ1) is 11.0. The molecule has 2 heterocycles. The highest BCUT2D eigenvalue weighted by atomic mass is 16.4. The lowest BCUT2D eigenvalue weighted by Crippen LogP contribution is -2.39. The molecule has 2 atom stereocenters. The van der Waals surface area contributed by atoms with Gasteiger partial charge >= 0.3 is 5.63 Å². The fourth-order valence-electron chi connectivity index (χ4n) is 3.42. The van der Waals surface area contributed by atoms with Gasteiger partial charge in [0.1, 0.15) is 11.3 Å². The summed E-state index contributed by atoms with van der Waals surface area (Å²) in [6, 6.07) is 4.97. The Balaban J connectivity index is 1.94. The van der Waals surface area contributed by atoms with Crippen LogP contribution in [0.2, 0.25) is 0 Å². The second-order valence-corrected chi connectivity index (χ2v) is 6.56. The third-order valence-electron chi connectivity index (χ3n) is 4.84. The van der Waals surface area contributed by atoms with Crippen molar-refractivity contribution in [3.8, 4) is 5.75 Å². The van der Waals surface area contributed by atoms with E-state index in [-0.39, 0.29) is 17.8 Å². The Bertz CT molecular complexity index is 765. The minimum Gasteiger partial charge on any atom is -0.508 e. The van der Waals surface area contributed by atoms with Crippen LogP contribution in [-0.4, -0.2) is 34.3 Å². The highest BCUT2D eigenvalue weighted by Gasteiger charge is 2.24. The van der Waals surface area contributed by atoms with E-state index in [1.807, 2.05) is 6.92 Å². The summed E-state index contributed by atoms with van der Waals surface area (Å²) in [6.07, 6.45) is 1.78. The van der Waals surface area contributed by atoms with Gasteiger partial charge in [-0.2, -0.15) is 0 Å². The third-order valence-corrected chi connectivity index (χ3v) is 4.84. The van der Waals surface area contributed by atoms with Crippen LogP contribution >= 0.6 is 0 Å². The van der Waals surface area contributed by atoms with Crippen LogP contribution in [0, 0.1) is 12.8 Å². The molecule has 23 heavy (non-hydrogen) atoms. The molecule has 0 saturated carbocycles. The van der Waals surface area contributed by atoms with Gasteiger partial charge in [0.25, 0.3) is 0 Å². The minimum absolute atomic E-state index is 0.130. The number of aliphatic hydroxyl groups excluding tert-OH is 1. The Hall–Kier alpha value is -1.85. The van der Waals surface area contributed by atoms with Gasteiger partial charge in [-0.05, 0) is 56.8 Å². The number of hydrogen-bond acceptors (Lipinski definition) is 5. The molecule has 3 rings (SSSR count). The predicted octanol–water partition coefficient (Wildman–Crippen LogP) is 2.40. The SMILES string of the molecule is Cc1c(O)ccc2c(CN3CCCC(C(C)O)C3)cc(=O)oc12. The van der Waals surface area contributed by atoms with Crippen LogP contribution in [-0.2, 0) is 6.54 Å². The average molecular weight is 317 g/mol. The first-order valence-electron chi connectivity index (χ1n) is 8.11. The van der Waals surface area contributed by atoms with E-state index in [4.69, 9.17) is 4.42 Å². The van der Waals surface area contributed by atoms with Crippen molar-refractivity contribution < 1.29 is 14.6 Å². The van der Waals surface area contributed by atoms with Gasteiger partial charge in [0.05, 0.1) is 6.10 Å². The summed E-state index contributed by atoms with van der Waals surface area (Å²) < 4.78 is 5.29. The normalized spacial score (nSPS) is 20.7. The molecule has 1 fully saturated rings.